The zero-order chi connectivity index (χ0) is 23.7. The first-order valence-electron chi connectivity index (χ1n) is 11.7. The third-order valence-corrected chi connectivity index (χ3v) is 7.03. The van der Waals surface area contributed by atoms with E-state index in [0.717, 1.165) is 37.0 Å². The van der Waals surface area contributed by atoms with Crippen molar-refractivity contribution in [2.45, 2.75) is 31.2 Å². The predicted molar refractivity (Wildman–Crippen MR) is 127 cm³/mol. The molecule has 0 radical (unpaired) electrons. The maximum Gasteiger partial charge on any atom is 0.256 e. The molecule has 2 aromatic heterocycles. The number of nitrogens with one attached hydrogen (secondary N) is 1. The molecule has 178 valence electrons. The van der Waals surface area contributed by atoms with Gasteiger partial charge in [0.05, 0.1) is 36.2 Å². The summed E-state index contributed by atoms with van der Waals surface area (Å²) in [6, 6.07) is 7.75. The number of imidazole rings is 1. The summed E-state index contributed by atoms with van der Waals surface area (Å²) in [4.78, 5) is 34.4. The van der Waals surface area contributed by atoms with E-state index >= 15 is 0 Å². The molecule has 4 heterocycles. The van der Waals surface area contributed by atoms with Gasteiger partial charge in [-0.15, -0.1) is 0 Å². The molecule has 2 aliphatic heterocycles. The van der Waals surface area contributed by atoms with Gasteiger partial charge < -0.3 is 14.6 Å². The summed E-state index contributed by atoms with van der Waals surface area (Å²) < 4.78 is 15.9. The first kappa shape index (κ1) is 22.8. The minimum Gasteiger partial charge on any atom is -0.350 e. The number of nitrogens with zero attached hydrogens (tertiary/aromatic N) is 4. The summed E-state index contributed by atoms with van der Waals surface area (Å²) in [6.45, 7) is 2.99. The van der Waals surface area contributed by atoms with Crippen LogP contribution in [0.5, 0.6) is 0 Å². The highest BCUT2D eigenvalue weighted by molar-refractivity contribution is 6.30. The first-order chi connectivity index (χ1) is 16.5. The Hall–Kier alpha value is -2.97. The third-order valence-electron chi connectivity index (χ3n) is 6.81. The number of fused-ring (bicyclic) bond motifs is 1. The number of likely N-dealkylation sites (tertiary alicyclic amines) is 2. The second-order valence-electron chi connectivity index (χ2n) is 9.11. The average molecular weight is 484 g/mol. The molecule has 2 amide bonds. The van der Waals surface area contributed by atoms with E-state index in [2.05, 4.69) is 15.2 Å². The summed E-state index contributed by atoms with van der Waals surface area (Å²) in [7, 11) is 0. The zero-order valence-electron chi connectivity index (χ0n) is 18.8. The Morgan fingerprint density at radius 2 is 2.00 bits per heavy atom. The summed E-state index contributed by atoms with van der Waals surface area (Å²) >= 11 is 6.13. The predicted octanol–water partition coefficient (Wildman–Crippen LogP) is 3.34. The van der Waals surface area contributed by atoms with Gasteiger partial charge in [0.15, 0.2) is 0 Å². The number of hydrogen-bond donors (Lipinski definition) is 1. The van der Waals surface area contributed by atoms with E-state index in [-0.39, 0.29) is 23.8 Å². The van der Waals surface area contributed by atoms with Crippen LogP contribution in [0.15, 0.2) is 49.1 Å². The van der Waals surface area contributed by atoms with Crippen LogP contribution < -0.4 is 5.32 Å². The first-order valence-corrected chi connectivity index (χ1v) is 12.0. The third kappa shape index (κ3) is 4.79. The van der Waals surface area contributed by atoms with Crippen molar-refractivity contribution in [3.63, 3.8) is 0 Å². The van der Waals surface area contributed by atoms with E-state index in [1.807, 2.05) is 16.7 Å². The molecule has 1 aromatic carbocycles. The number of piperidine rings is 1. The molecule has 7 nitrogen and oxygen atoms in total. The van der Waals surface area contributed by atoms with Crippen LogP contribution in [0.1, 0.15) is 41.1 Å². The number of benzene rings is 1. The molecule has 5 rings (SSSR count). The summed E-state index contributed by atoms with van der Waals surface area (Å²) in [6.07, 6.45) is 7.97. The quantitative estimate of drug-likeness (QED) is 0.604. The van der Waals surface area contributed by atoms with Crippen LogP contribution in [0.2, 0.25) is 5.02 Å². The van der Waals surface area contributed by atoms with Gasteiger partial charge in [0.25, 0.3) is 5.91 Å². The van der Waals surface area contributed by atoms with Gasteiger partial charge in [-0.05, 0) is 68.2 Å². The molecule has 9 heteroatoms. The fourth-order valence-electron chi connectivity index (χ4n) is 5.17. The molecule has 2 fully saturated rings. The normalized spacial score (nSPS) is 21.2. The Morgan fingerprint density at radius 3 is 2.79 bits per heavy atom. The number of aromatic nitrogens is 2. The van der Waals surface area contributed by atoms with E-state index < -0.39 is 5.82 Å². The summed E-state index contributed by atoms with van der Waals surface area (Å²) in [5, 5.41) is 3.47. The Balaban J connectivity index is 1.39. The van der Waals surface area contributed by atoms with Gasteiger partial charge >= 0.3 is 0 Å². The molecule has 0 spiro atoms. The molecule has 0 aliphatic carbocycles. The van der Waals surface area contributed by atoms with Gasteiger partial charge in [-0.3, -0.25) is 14.5 Å². The van der Waals surface area contributed by atoms with E-state index in [9.17, 15) is 14.0 Å². The van der Waals surface area contributed by atoms with Gasteiger partial charge in [-0.1, -0.05) is 11.6 Å². The van der Waals surface area contributed by atoms with Crippen LogP contribution in [0, 0.1) is 5.82 Å². The van der Waals surface area contributed by atoms with E-state index in [1.54, 1.807) is 29.6 Å². The molecule has 1 N–H and O–H groups in total. The number of hydrogen-bond acceptors (Lipinski definition) is 4. The van der Waals surface area contributed by atoms with Crippen LogP contribution in [0.25, 0.3) is 5.52 Å². The van der Waals surface area contributed by atoms with E-state index in [1.165, 1.54) is 12.1 Å². The molecule has 3 aromatic rings. The molecule has 2 atom stereocenters. The Labute approximate surface area is 202 Å². The topological polar surface area (TPSA) is 70.0 Å². The number of halogens is 2. The minimum atomic E-state index is -0.407. The maximum atomic E-state index is 14.1. The van der Waals surface area contributed by atoms with Crippen LogP contribution in [-0.2, 0) is 4.79 Å². The van der Waals surface area contributed by atoms with Crippen molar-refractivity contribution in [1.82, 2.24) is 24.5 Å². The highest BCUT2D eigenvalue weighted by atomic mass is 35.5. The zero-order valence-corrected chi connectivity index (χ0v) is 19.5. The molecule has 2 aliphatic rings. The van der Waals surface area contributed by atoms with E-state index in [0.29, 0.717) is 36.6 Å². The highest BCUT2D eigenvalue weighted by Gasteiger charge is 2.35. The van der Waals surface area contributed by atoms with E-state index in [4.69, 9.17) is 11.6 Å². The Bertz CT molecular complexity index is 1190. The number of carbonyl (C=O) groups is 2. The van der Waals surface area contributed by atoms with Gasteiger partial charge in [-0.2, -0.15) is 0 Å². The lowest BCUT2D eigenvalue weighted by Crippen LogP contribution is -2.54. The lowest BCUT2D eigenvalue weighted by atomic mass is 9.84. The van der Waals surface area contributed by atoms with Crippen LogP contribution in [-0.4, -0.2) is 69.8 Å². The minimum absolute atomic E-state index is 0.0772. The largest absolute Gasteiger partial charge is 0.350 e. The van der Waals surface area contributed by atoms with Gasteiger partial charge in [0.2, 0.25) is 5.91 Å². The standard InChI is InChI=1S/C25H27ClFN5O2/c26-18-10-17(11-19(27)12-18)20-5-9-31(14-22(20)29-24(33)15-30-6-1-2-7-30)25(34)21-4-3-8-32-16-28-13-23(21)32/h3-4,8,10-13,16,20,22H,1-2,5-7,9,14-15H2,(H,29,33)/t20-,22+/m0/s1. The number of rotatable bonds is 5. The van der Waals surface area contributed by atoms with Crippen LogP contribution in [0.4, 0.5) is 4.39 Å². The fraction of sp³-hybridized carbons (Fsp3) is 0.400. The van der Waals surface area contributed by atoms with Gasteiger partial charge in [-0.25, -0.2) is 9.37 Å². The van der Waals surface area contributed by atoms with Crippen molar-refractivity contribution in [2.24, 2.45) is 0 Å². The monoisotopic (exact) mass is 483 g/mol. The highest BCUT2D eigenvalue weighted by Crippen LogP contribution is 2.32. The van der Waals surface area contributed by atoms with Gasteiger partial charge in [0.1, 0.15) is 5.82 Å². The molecule has 2 saturated heterocycles. The summed E-state index contributed by atoms with van der Waals surface area (Å²) in [5.41, 5.74) is 2.04. The Kier molecular flexibility index (Phi) is 6.52. The molecular formula is C25H27ClFN5O2. The number of pyridine rings is 1. The smallest absolute Gasteiger partial charge is 0.256 e. The van der Waals surface area contributed by atoms with Gasteiger partial charge in [0, 0.05) is 30.2 Å². The second-order valence-corrected chi connectivity index (χ2v) is 9.55. The van der Waals surface area contributed by atoms with Crippen molar-refractivity contribution in [3.05, 3.63) is 71.0 Å². The lowest BCUT2D eigenvalue weighted by Gasteiger charge is -2.39. The van der Waals surface area contributed by atoms with Crippen LogP contribution >= 0.6 is 11.6 Å². The Morgan fingerprint density at radius 1 is 1.18 bits per heavy atom. The molecular weight excluding hydrogens is 457 g/mol. The van der Waals surface area contributed by atoms with Crippen molar-refractivity contribution in [2.75, 3.05) is 32.7 Å². The lowest BCUT2D eigenvalue weighted by molar-refractivity contribution is -0.123. The second kappa shape index (κ2) is 9.72. The fourth-order valence-corrected chi connectivity index (χ4v) is 5.40. The van der Waals surface area contributed by atoms with Crippen molar-refractivity contribution in [1.29, 1.82) is 0 Å². The molecule has 0 unspecified atom stereocenters. The molecule has 34 heavy (non-hydrogen) atoms. The molecule has 0 saturated carbocycles. The average Bonchev–Trinajstić information content (AvgIpc) is 3.49. The van der Waals surface area contributed by atoms with Crippen molar-refractivity contribution in [3.8, 4) is 0 Å². The molecule has 0 bridgehead atoms. The van der Waals surface area contributed by atoms with Crippen molar-refractivity contribution < 1.29 is 14.0 Å². The van der Waals surface area contributed by atoms with Crippen LogP contribution in [0.3, 0.4) is 0 Å². The SMILES string of the molecule is O=C(CN1CCCC1)N[C@@H]1CN(C(=O)c2cccn3cncc23)CC[C@H]1c1cc(F)cc(Cl)c1. The maximum absolute atomic E-state index is 14.1. The number of carbonyl (C=O) groups excluding carboxylic acids is 2. The van der Waals surface area contributed by atoms with Crippen molar-refractivity contribution >= 4 is 28.9 Å². The summed E-state index contributed by atoms with van der Waals surface area (Å²) in [5.74, 6) is -0.742. The number of amides is 2.